The Kier molecular flexibility index (Phi) is 6.99. The second-order valence-electron chi connectivity index (χ2n) is 5.67. The lowest BCUT2D eigenvalue weighted by molar-refractivity contribution is 0.509. The SMILES string of the molecule is Cc1cccc(C[C@H](N)CCNCCC(C)C)c1. The van der Waals surface area contributed by atoms with Crippen LogP contribution in [0.5, 0.6) is 0 Å². The minimum atomic E-state index is 0.262. The molecule has 3 N–H and O–H groups in total. The molecule has 0 aliphatic rings. The molecule has 102 valence electrons. The van der Waals surface area contributed by atoms with Crippen LogP contribution in [0.15, 0.2) is 24.3 Å². The predicted octanol–water partition coefficient (Wildman–Crippen LogP) is 2.89. The highest BCUT2D eigenvalue weighted by molar-refractivity contribution is 5.22. The van der Waals surface area contributed by atoms with E-state index in [0.29, 0.717) is 0 Å². The predicted molar refractivity (Wildman–Crippen MR) is 79.8 cm³/mol. The van der Waals surface area contributed by atoms with Crippen LogP contribution in [-0.4, -0.2) is 19.1 Å². The zero-order valence-electron chi connectivity index (χ0n) is 12.1. The van der Waals surface area contributed by atoms with Crippen molar-refractivity contribution >= 4 is 0 Å². The van der Waals surface area contributed by atoms with Crippen molar-refractivity contribution in [2.75, 3.05) is 13.1 Å². The van der Waals surface area contributed by atoms with Crippen molar-refractivity contribution in [3.05, 3.63) is 35.4 Å². The van der Waals surface area contributed by atoms with Crippen LogP contribution in [0.3, 0.4) is 0 Å². The number of benzene rings is 1. The standard InChI is InChI=1S/C16H28N2/c1-13(2)7-9-18-10-8-16(17)12-15-6-4-5-14(3)11-15/h4-6,11,13,16,18H,7-10,12,17H2,1-3H3/t16-/m1/s1. The first-order valence-electron chi connectivity index (χ1n) is 7.09. The van der Waals surface area contributed by atoms with Gasteiger partial charge < -0.3 is 11.1 Å². The van der Waals surface area contributed by atoms with Gasteiger partial charge in [0.05, 0.1) is 0 Å². The Morgan fingerprint density at radius 2 is 1.89 bits per heavy atom. The Bertz CT molecular complexity index is 334. The lowest BCUT2D eigenvalue weighted by atomic mass is 10.0. The van der Waals surface area contributed by atoms with Gasteiger partial charge in [-0.05, 0) is 50.8 Å². The van der Waals surface area contributed by atoms with Crippen molar-refractivity contribution in [1.29, 1.82) is 0 Å². The summed E-state index contributed by atoms with van der Waals surface area (Å²) in [6.45, 7) is 8.77. The summed E-state index contributed by atoms with van der Waals surface area (Å²) in [4.78, 5) is 0. The summed E-state index contributed by atoms with van der Waals surface area (Å²) in [7, 11) is 0. The number of rotatable bonds is 8. The van der Waals surface area contributed by atoms with Crippen LogP contribution in [-0.2, 0) is 6.42 Å². The first-order valence-corrected chi connectivity index (χ1v) is 7.09. The molecule has 1 atom stereocenters. The maximum Gasteiger partial charge on any atom is 0.00914 e. The van der Waals surface area contributed by atoms with E-state index in [1.165, 1.54) is 17.5 Å². The van der Waals surface area contributed by atoms with Crippen molar-refractivity contribution in [3.63, 3.8) is 0 Å². The van der Waals surface area contributed by atoms with Crippen molar-refractivity contribution in [2.24, 2.45) is 11.7 Å². The van der Waals surface area contributed by atoms with E-state index in [9.17, 15) is 0 Å². The van der Waals surface area contributed by atoms with Crippen LogP contribution in [0.2, 0.25) is 0 Å². The fourth-order valence-electron chi connectivity index (χ4n) is 2.05. The second-order valence-corrected chi connectivity index (χ2v) is 5.67. The molecule has 0 radical (unpaired) electrons. The Morgan fingerprint density at radius 3 is 2.56 bits per heavy atom. The van der Waals surface area contributed by atoms with Crippen LogP contribution in [0.4, 0.5) is 0 Å². The van der Waals surface area contributed by atoms with Crippen LogP contribution in [0.1, 0.15) is 37.8 Å². The number of nitrogens with one attached hydrogen (secondary N) is 1. The third-order valence-electron chi connectivity index (χ3n) is 3.17. The fraction of sp³-hybridized carbons (Fsp3) is 0.625. The van der Waals surface area contributed by atoms with E-state index in [2.05, 4.69) is 50.4 Å². The molecule has 0 aliphatic carbocycles. The minimum Gasteiger partial charge on any atom is -0.327 e. The molecule has 0 saturated carbocycles. The number of aryl methyl sites for hydroxylation is 1. The van der Waals surface area contributed by atoms with E-state index in [4.69, 9.17) is 5.73 Å². The van der Waals surface area contributed by atoms with E-state index in [1.807, 2.05) is 0 Å². The van der Waals surface area contributed by atoms with Gasteiger partial charge in [0.2, 0.25) is 0 Å². The highest BCUT2D eigenvalue weighted by atomic mass is 14.9. The topological polar surface area (TPSA) is 38.0 Å². The molecule has 2 nitrogen and oxygen atoms in total. The molecule has 2 heteroatoms. The van der Waals surface area contributed by atoms with Crippen LogP contribution >= 0.6 is 0 Å². The first kappa shape index (κ1) is 15.2. The van der Waals surface area contributed by atoms with Gasteiger partial charge in [-0.15, -0.1) is 0 Å². The van der Waals surface area contributed by atoms with E-state index < -0.39 is 0 Å². The maximum atomic E-state index is 6.16. The fourth-order valence-corrected chi connectivity index (χ4v) is 2.05. The summed E-state index contributed by atoms with van der Waals surface area (Å²) in [6.07, 6.45) is 3.27. The smallest absolute Gasteiger partial charge is 0.00914 e. The number of hydrogen-bond donors (Lipinski definition) is 2. The Balaban J connectivity index is 2.16. The van der Waals surface area contributed by atoms with Gasteiger partial charge in [0, 0.05) is 6.04 Å². The van der Waals surface area contributed by atoms with E-state index >= 15 is 0 Å². The highest BCUT2D eigenvalue weighted by Crippen LogP contribution is 2.07. The monoisotopic (exact) mass is 248 g/mol. The average Bonchev–Trinajstić information content (AvgIpc) is 2.28. The molecule has 18 heavy (non-hydrogen) atoms. The summed E-state index contributed by atoms with van der Waals surface area (Å²) in [6, 6.07) is 8.89. The molecule has 0 saturated heterocycles. The summed E-state index contributed by atoms with van der Waals surface area (Å²) in [5.41, 5.74) is 8.82. The minimum absolute atomic E-state index is 0.262. The summed E-state index contributed by atoms with van der Waals surface area (Å²) in [5, 5.41) is 3.46. The highest BCUT2D eigenvalue weighted by Gasteiger charge is 2.04. The van der Waals surface area contributed by atoms with Gasteiger partial charge in [0.15, 0.2) is 0 Å². The molecule has 0 unspecified atom stereocenters. The number of nitrogens with two attached hydrogens (primary N) is 1. The van der Waals surface area contributed by atoms with Crippen molar-refractivity contribution in [2.45, 2.75) is 46.1 Å². The van der Waals surface area contributed by atoms with Gasteiger partial charge in [0.1, 0.15) is 0 Å². The molecule has 0 bridgehead atoms. The first-order chi connectivity index (χ1) is 8.58. The lowest BCUT2D eigenvalue weighted by Gasteiger charge is -2.13. The molecule has 0 aromatic heterocycles. The van der Waals surface area contributed by atoms with Gasteiger partial charge in [0.25, 0.3) is 0 Å². The van der Waals surface area contributed by atoms with Gasteiger partial charge in [-0.3, -0.25) is 0 Å². The van der Waals surface area contributed by atoms with Crippen molar-refractivity contribution in [1.82, 2.24) is 5.32 Å². The Hall–Kier alpha value is -0.860. The molecule has 1 aromatic carbocycles. The van der Waals surface area contributed by atoms with E-state index in [1.54, 1.807) is 0 Å². The summed E-state index contributed by atoms with van der Waals surface area (Å²) >= 11 is 0. The normalized spacial score (nSPS) is 12.9. The zero-order valence-corrected chi connectivity index (χ0v) is 12.1. The summed E-state index contributed by atoms with van der Waals surface area (Å²) in [5.74, 6) is 0.776. The second kappa shape index (κ2) is 8.28. The third kappa shape index (κ3) is 6.77. The van der Waals surface area contributed by atoms with E-state index in [-0.39, 0.29) is 6.04 Å². The van der Waals surface area contributed by atoms with E-state index in [0.717, 1.165) is 31.8 Å². The quantitative estimate of drug-likeness (QED) is 0.694. The molecule has 0 heterocycles. The average molecular weight is 248 g/mol. The summed E-state index contributed by atoms with van der Waals surface area (Å²) < 4.78 is 0. The molecular weight excluding hydrogens is 220 g/mol. The van der Waals surface area contributed by atoms with Crippen molar-refractivity contribution in [3.8, 4) is 0 Å². The van der Waals surface area contributed by atoms with Gasteiger partial charge in [-0.1, -0.05) is 43.7 Å². The third-order valence-corrected chi connectivity index (χ3v) is 3.17. The lowest BCUT2D eigenvalue weighted by Crippen LogP contribution is -2.29. The molecule has 0 spiro atoms. The van der Waals surface area contributed by atoms with Crippen LogP contribution in [0.25, 0.3) is 0 Å². The maximum absolute atomic E-state index is 6.16. The van der Waals surface area contributed by atoms with Gasteiger partial charge in [-0.2, -0.15) is 0 Å². The van der Waals surface area contributed by atoms with Crippen LogP contribution in [0, 0.1) is 12.8 Å². The van der Waals surface area contributed by atoms with Gasteiger partial charge >= 0.3 is 0 Å². The molecule has 1 rings (SSSR count). The number of hydrogen-bond acceptors (Lipinski definition) is 2. The molecule has 1 aromatic rings. The molecule has 0 amide bonds. The van der Waals surface area contributed by atoms with Gasteiger partial charge in [-0.25, -0.2) is 0 Å². The largest absolute Gasteiger partial charge is 0.327 e. The molecule has 0 aliphatic heterocycles. The Morgan fingerprint density at radius 1 is 1.17 bits per heavy atom. The van der Waals surface area contributed by atoms with Crippen molar-refractivity contribution < 1.29 is 0 Å². The molecular formula is C16H28N2. The Labute approximate surface area is 112 Å². The zero-order chi connectivity index (χ0) is 13.4. The molecule has 0 fully saturated rings. The van der Waals surface area contributed by atoms with Crippen LogP contribution < -0.4 is 11.1 Å².